The zero-order valence-corrected chi connectivity index (χ0v) is 9.24. The summed E-state index contributed by atoms with van der Waals surface area (Å²) in [6.07, 6.45) is 9.67. The first-order valence-electron chi connectivity index (χ1n) is 6.26. The van der Waals surface area contributed by atoms with Crippen LogP contribution in [0, 0.1) is 5.92 Å². The Labute approximate surface area is 91.2 Å². The Balaban J connectivity index is 1.84. The van der Waals surface area contributed by atoms with Crippen molar-refractivity contribution in [2.45, 2.75) is 63.5 Å². The summed E-state index contributed by atoms with van der Waals surface area (Å²) in [5.41, 5.74) is 0. The van der Waals surface area contributed by atoms with Gasteiger partial charge < -0.3 is 10.4 Å². The van der Waals surface area contributed by atoms with Gasteiger partial charge in [-0.05, 0) is 31.6 Å². The summed E-state index contributed by atoms with van der Waals surface area (Å²) < 4.78 is 0. The van der Waals surface area contributed by atoms with Gasteiger partial charge in [-0.25, -0.2) is 0 Å². The predicted molar refractivity (Wildman–Crippen MR) is 58.8 cm³/mol. The van der Waals surface area contributed by atoms with Crippen molar-refractivity contribution >= 4 is 5.97 Å². The molecule has 3 nitrogen and oxygen atoms in total. The molecular weight excluding hydrogens is 190 g/mol. The Bertz CT molecular complexity index is 218. The van der Waals surface area contributed by atoms with Gasteiger partial charge in [0.05, 0.1) is 0 Å². The van der Waals surface area contributed by atoms with Crippen LogP contribution in [-0.4, -0.2) is 23.2 Å². The number of aliphatic carboxylic acids is 1. The monoisotopic (exact) mass is 211 g/mol. The molecule has 1 atom stereocenters. The van der Waals surface area contributed by atoms with Gasteiger partial charge in [0.25, 0.3) is 0 Å². The predicted octanol–water partition coefficient (Wildman–Crippen LogP) is 2.16. The fourth-order valence-corrected chi connectivity index (χ4v) is 2.54. The molecular formula is C12H21NO2. The lowest BCUT2D eigenvalue weighted by atomic mass is 10.1. The van der Waals surface area contributed by atoms with Gasteiger partial charge in [-0.2, -0.15) is 0 Å². The minimum absolute atomic E-state index is 0.270. The molecule has 2 rings (SSSR count). The lowest BCUT2D eigenvalue weighted by Crippen LogP contribution is -2.44. The van der Waals surface area contributed by atoms with E-state index in [9.17, 15) is 4.79 Å². The van der Waals surface area contributed by atoms with Gasteiger partial charge in [0, 0.05) is 6.04 Å². The third kappa shape index (κ3) is 3.20. The molecule has 0 bridgehead atoms. The van der Waals surface area contributed by atoms with E-state index in [4.69, 9.17) is 5.11 Å². The fraction of sp³-hybridized carbons (Fsp3) is 0.917. The molecule has 15 heavy (non-hydrogen) atoms. The summed E-state index contributed by atoms with van der Waals surface area (Å²) in [6, 6.07) is 0.183. The van der Waals surface area contributed by atoms with Crippen molar-refractivity contribution in [1.29, 1.82) is 0 Å². The lowest BCUT2D eigenvalue weighted by molar-refractivity contribution is -0.140. The van der Waals surface area contributed by atoms with E-state index in [1.54, 1.807) is 0 Å². The van der Waals surface area contributed by atoms with E-state index in [2.05, 4.69) is 5.32 Å². The molecule has 0 radical (unpaired) electrons. The standard InChI is InChI=1S/C12H21NO2/c14-12(15)11(9-7-8-9)13-10-5-3-1-2-4-6-10/h9-11,13H,1-8H2,(H,14,15). The van der Waals surface area contributed by atoms with Gasteiger partial charge in [0.15, 0.2) is 0 Å². The van der Waals surface area contributed by atoms with Crippen LogP contribution < -0.4 is 5.32 Å². The van der Waals surface area contributed by atoms with E-state index in [1.807, 2.05) is 0 Å². The third-order valence-electron chi connectivity index (χ3n) is 3.63. The highest BCUT2D eigenvalue weighted by atomic mass is 16.4. The summed E-state index contributed by atoms with van der Waals surface area (Å²) in [7, 11) is 0. The Hall–Kier alpha value is -0.570. The van der Waals surface area contributed by atoms with Crippen LogP contribution >= 0.6 is 0 Å². The molecule has 0 spiro atoms. The van der Waals surface area contributed by atoms with Gasteiger partial charge in [0.1, 0.15) is 6.04 Å². The molecule has 2 N–H and O–H groups in total. The Morgan fingerprint density at radius 2 is 1.67 bits per heavy atom. The molecule has 0 heterocycles. The zero-order valence-electron chi connectivity index (χ0n) is 9.24. The van der Waals surface area contributed by atoms with E-state index < -0.39 is 5.97 Å². The van der Waals surface area contributed by atoms with Crippen LogP contribution in [0.1, 0.15) is 51.4 Å². The second-order valence-corrected chi connectivity index (χ2v) is 5.01. The van der Waals surface area contributed by atoms with E-state index in [0.717, 1.165) is 25.7 Å². The number of rotatable bonds is 4. The maximum Gasteiger partial charge on any atom is 0.320 e. The summed E-state index contributed by atoms with van der Waals surface area (Å²) in [4.78, 5) is 11.1. The molecule has 0 aliphatic heterocycles. The molecule has 2 fully saturated rings. The van der Waals surface area contributed by atoms with Gasteiger partial charge in [0.2, 0.25) is 0 Å². The lowest BCUT2D eigenvalue weighted by Gasteiger charge is -2.21. The smallest absolute Gasteiger partial charge is 0.320 e. The molecule has 0 aromatic heterocycles. The minimum Gasteiger partial charge on any atom is -0.480 e. The number of hydrogen-bond donors (Lipinski definition) is 2. The molecule has 1 unspecified atom stereocenters. The molecule has 0 aromatic carbocycles. The van der Waals surface area contributed by atoms with Crippen LogP contribution in [0.2, 0.25) is 0 Å². The molecule has 2 aliphatic rings. The first-order valence-corrected chi connectivity index (χ1v) is 6.26. The Morgan fingerprint density at radius 1 is 1.07 bits per heavy atom. The molecule has 3 heteroatoms. The van der Waals surface area contributed by atoms with Crippen LogP contribution in [0.25, 0.3) is 0 Å². The first-order chi connectivity index (χ1) is 7.27. The van der Waals surface area contributed by atoms with Crippen LogP contribution in [0.4, 0.5) is 0 Å². The Kier molecular flexibility index (Phi) is 3.62. The second kappa shape index (κ2) is 4.97. The van der Waals surface area contributed by atoms with Crippen molar-refractivity contribution in [2.75, 3.05) is 0 Å². The molecule has 0 saturated heterocycles. The average Bonchev–Trinajstić information content (AvgIpc) is 3.02. The van der Waals surface area contributed by atoms with Crippen molar-refractivity contribution in [1.82, 2.24) is 5.32 Å². The van der Waals surface area contributed by atoms with Gasteiger partial charge in [-0.1, -0.05) is 25.7 Å². The summed E-state index contributed by atoms with van der Waals surface area (Å²) in [5.74, 6) is -0.243. The van der Waals surface area contributed by atoms with Crippen molar-refractivity contribution in [3.05, 3.63) is 0 Å². The highest BCUT2D eigenvalue weighted by molar-refractivity contribution is 5.74. The largest absolute Gasteiger partial charge is 0.480 e. The summed E-state index contributed by atoms with van der Waals surface area (Å²) in [5, 5.41) is 12.5. The van der Waals surface area contributed by atoms with E-state index in [0.29, 0.717) is 12.0 Å². The number of carbonyl (C=O) groups is 1. The normalized spacial score (nSPS) is 25.9. The maximum absolute atomic E-state index is 11.1. The number of carboxylic acids is 1. The number of nitrogens with one attached hydrogen (secondary N) is 1. The van der Waals surface area contributed by atoms with Crippen molar-refractivity contribution in [3.63, 3.8) is 0 Å². The molecule has 0 aromatic rings. The number of hydrogen-bond acceptors (Lipinski definition) is 2. The molecule has 2 saturated carbocycles. The van der Waals surface area contributed by atoms with Crippen LogP contribution in [0.15, 0.2) is 0 Å². The van der Waals surface area contributed by atoms with Crippen molar-refractivity contribution in [3.8, 4) is 0 Å². The van der Waals surface area contributed by atoms with Crippen LogP contribution in [0.3, 0.4) is 0 Å². The highest BCUT2D eigenvalue weighted by Gasteiger charge is 2.37. The van der Waals surface area contributed by atoms with E-state index >= 15 is 0 Å². The van der Waals surface area contributed by atoms with E-state index in [-0.39, 0.29) is 6.04 Å². The summed E-state index contributed by atoms with van der Waals surface area (Å²) >= 11 is 0. The summed E-state index contributed by atoms with van der Waals surface area (Å²) in [6.45, 7) is 0. The van der Waals surface area contributed by atoms with Gasteiger partial charge >= 0.3 is 5.97 Å². The van der Waals surface area contributed by atoms with Gasteiger partial charge in [-0.15, -0.1) is 0 Å². The number of carboxylic acid groups (broad SMARTS) is 1. The molecule has 0 amide bonds. The SMILES string of the molecule is O=C(O)C(NC1CCCCCC1)C1CC1. The van der Waals surface area contributed by atoms with E-state index in [1.165, 1.54) is 25.7 Å². The fourth-order valence-electron chi connectivity index (χ4n) is 2.54. The third-order valence-corrected chi connectivity index (χ3v) is 3.63. The highest BCUT2D eigenvalue weighted by Crippen LogP contribution is 2.33. The maximum atomic E-state index is 11.1. The van der Waals surface area contributed by atoms with Gasteiger partial charge in [-0.3, -0.25) is 4.79 Å². The van der Waals surface area contributed by atoms with Crippen LogP contribution in [0.5, 0.6) is 0 Å². The quantitative estimate of drug-likeness (QED) is 0.701. The minimum atomic E-state index is -0.651. The Morgan fingerprint density at radius 3 is 2.13 bits per heavy atom. The molecule has 2 aliphatic carbocycles. The topological polar surface area (TPSA) is 49.3 Å². The second-order valence-electron chi connectivity index (χ2n) is 5.01. The first kappa shape index (κ1) is 10.9. The van der Waals surface area contributed by atoms with Crippen LogP contribution in [-0.2, 0) is 4.79 Å². The zero-order chi connectivity index (χ0) is 10.7. The molecule has 86 valence electrons. The van der Waals surface area contributed by atoms with Crippen molar-refractivity contribution in [2.24, 2.45) is 5.92 Å². The average molecular weight is 211 g/mol. The van der Waals surface area contributed by atoms with Crippen molar-refractivity contribution < 1.29 is 9.90 Å².